The first-order chi connectivity index (χ1) is 14.7. The quantitative estimate of drug-likeness (QED) is 0.230. The van der Waals surface area contributed by atoms with Gasteiger partial charge in [-0.15, -0.1) is 0 Å². The molecule has 8 heteroatoms. The molecule has 0 amide bonds. The van der Waals surface area contributed by atoms with Crippen molar-refractivity contribution in [1.82, 2.24) is 0 Å². The van der Waals surface area contributed by atoms with E-state index in [0.717, 1.165) is 5.57 Å². The summed E-state index contributed by atoms with van der Waals surface area (Å²) in [6.07, 6.45) is 0.182. The smallest absolute Gasteiger partial charge is 0.330 e. The molecule has 8 atom stereocenters. The third-order valence-electron chi connectivity index (χ3n) is 7.53. The van der Waals surface area contributed by atoms with E-state index in [0.29, 0.717) is 19.4 Å². The van der Waals surface area contributed by atoms with E-state index in [1.54, 1.807) is 6.92 Å². The Morgan fingerprint density at radius 1 is 1.19 bits per heavy atom. The van der Waals surface area contributed by atoms with Gasteiger partial charge in [-0.3, -0.25) is 0 Å². The van der Waals surface area contributed by atoms with Crippen LogP contribution in [-0.4, -0.2) is 74.8 Å². The minimum atomic E-state index is -1.85. The molecule has 2 fully saturated rings. The molecule has 2 heterocycles. The van der Waals surface area contributed by atoms with Gasteiger partial charge < -0.3 is 28.8 Å². The number of aliphatic hydroxyl groups excluding tert-OH is 2. The van der Waals surface area contributed by atoms with Crippen LogP contribution in [0.1, 0.15) is 54.4 Å². The minimum absolute atomic E-state index is 0.0448. The van der Waals surface area contributed by atoms with Gasteiger partial charge >= 0.3 is 5.97 Å². The van der Waals surface area contributed by atoms with E-state index in [1.807, 2.05) is 0 Å². The minimum Gasteiger partial charge on any atom is -0.466 e. The predicted octanol–water partition coefficient (Wildman–Crippen LogP) is 3.44. The van der Waals surface area contributed by atoms with Crippen molar-refractivity contribution in [3.63, 3.8) is 0 Å². The zero-order valence-electron chi connectivity index (χ0n) is 21.3. The summed E-state index contributed by atoms with van der Waals surface area (Å²) in [6, 6.07) is 0. The zero-order chi connectivity index (χ0) is 24.4. The van der Waals surface area contributed by atoms with Gasteiger partial charge in [0.1, 0.15) is 6.10 Å². The molecule has 0 unspecified atom stereocenters. The largest absolute Gasteiger partial charge is 0.466 e. The van der Waals surface area contributed by atoms with Gasteiger partial charge in [-0.2, -0.15) is 0 Å². The first-order valence-corrected chi connectivity index (χ1v) is 14.6. The van der Waals surface area contributed by atoms with Gasteiger partial charge in [-0.25, -0.2) is 4.79 Å². The Labute approximate surface area is 194 Å². The van der Waals surface area contributed by atoms with Gasteiger partial charge in [0.25, 0.3) is 0 Å². The standard InChI is InChI=1S/C24H44O7Si/c1-14(11-20(25)28-7)10-18-22(27)21(26)17(13-29-18)12-19-23(30-19)15(2)16(3)31-32(8,9)24(4,5)6/h11,15-19,21-23,26-27H,10,12-13H2,1-9H3/b14-11+/t15-,16-,17-,18-,19-,21+,22-,23-/m0/s1. The highest BCUT2D eigenvalue weighted by Gasteiger charge is 2.50. The Kier molecular flexibility index (Phi) is 9.15. The Hall–Kier alpha value is -0.773. The topological polar surface area (TPSA) is 97.8 Å². The van der Waals surface area contributed by atoms with Gasteiger partial charge in [-0.05, 0) is 44.8 Å². The van der Waals surface area contributed by atoms with E-state index < -0.39 is 32.6 Å². The number of ether oxygens (including phenoxy) is 3. The number of hydrogen-bond donors (Lipinski definition) is 2. The summed E-state index contributed by atoms with van der Waals surface area (Å²) in [6.45, 7) is 17.7. The molecule has 2 aliphatic rings. The van der Waals surface area contributed by atoms with E-state index in [2.05, 4.69) is 52.4 Å². The molecule has 0 bridgehead atoms. The second-order valence-electron chi connectivity index (χ2n) is 11.1. The maximum Gasteiger partial charge on any atom is 0.330 e. The molecule has 0 radical (unpaired) electrons. The van der Waals surface area contributed by atoms with Gasteiger partial charge in [0.05, 0.1) is 38.1 Å². The van der Waals surface area contributed by atoms with Crippen molar-refractivity contribution in [2.75, 3.05) is 13.7 Å². The molecule has 186 valence electrons. The first kappa shape index (κ1) is 27.5. The lowest BCUT2D eigenvalue weighted by molar-refractivity contribution is -0.165. The number of epoxide rings is 1. The van der Waals surface area contributed by atoms with Crippen LogP contribution in [0.25, 0.3) is 0 Å². The summed E-state index contributed by atoms with van der Waals surface area (Å²) in [7, 11) is -0.530. The van der Waals surface area contributed by atoms with Gasteiger partial charge in [-0.1, -0.05) is 33.3 Å². The fourth-order valence-electron chi connectivity index (χ4n) is 4.09. The van der Waals surface area contributed by atoms with Crippen molar-refractivity contribution in [2.24, 2.45) is 11.8 Å². The molecule has 0 aromatic rings. The Morgan fingerprint density at radius 3 is 2.38 bits per heavy atom. The van der Waals surface area contributed by atoms with Crippen LogP contribution in [-0.2, 0) is 23.4 Å². The van der Waals surface area contributed by atoms with Gasteiger partial charge in [0, 0.05) is 24.0 Å². The third kappa shape index (κ3) is 6.87. The normalized spacial score (nSPS) is 33.5. The summed E-state index contributed by atoms with van der Waals surface area (Å²) in [5, 5.41) is 21.4. The zero-order valence-corrected chi connectivity index (χ0v) is 22.3. The van der Waals surface area contributed by atoms with Crippen molar-refractivity contribution >= 4 is 14.3 Å². The number of carbonyl (C=O) groups excluding carboxylic acids is 1. The number of rotatable bonds is 9. The fraction of sp³-hybridized carbons (Fsp3) is 0.875. The summed E-state index contributed by atoms with van der Waals surface area (Å²) in [4.78, 5) is 11.4. The van der Waals surface area contributed by atoms with E-state index in [1.165, 1.54) is 13.2 Å². The van der Waals surface area contributed by atoms with Crippen molar-refractivity contribution in [3.8, 4) is 0 Å². The van der Waals surface area contributed by atoms with E-state index in [-0.39, 0.29) is 35.2 Å². The van der Waals surface area contributed by atoms with Crippen LogP contribution in [0, 0.1) is 11.8 Å². The lowest BCUT2D eigenvalue weighted by Gasteiger charge is -2.40. The molecule has 32 heavy (non-hydrogen) atoms. The van der Waals surface area contributed by atoms with Crippen LogP contribution >= 0.6 is 0 Å². The van der Waals surface area contributed by atoms with Crippen molar-refractivity contribution < 1.29 is 33.6 Å². The molecule has 0 saturated carbocycles. The number of esters is 1. The van der Waals surface area contributed by atoms with E-state index in [9.17, 15) is 15.0 Å². The molecule has 2 N–H and O–H groups in total. The Bertz CT molecular complexity index is 672. The van der Waals surface area contributed by atoms with Crippen LogP contribution in [0.5, 0.6) is 0 Å². The fourth-order valence-corrected chi connectivity index (χ4v) is 5.59. The van der Waals surface area contributed by atoms with Crippen LogP contribution < -0.4 is 0 Å². The summed E-state index contributed by atoms with van der Waals surface area (Å²) in [5.41, 5.74) is 0.738. The second kappa shape index (κ2) is 10.7. The molecule has 2 aliphatic heterocycles. The Morgan fingerprint density at radius 2 is 1.81 bits per heavy atom. The van der Waals surface area contributed by atoms with Crippen LogP contribution in [0.4, 0.5) is 0 Å². The highest BCUT2D eigenvalue weighted by molar-refractivity contribution is 6.74. The monoisotopic (exact) mass is 472 g/mol. The van der Waals surface area contributed by atoms with Crippen molar-refractivity contribution in [3.05, 3.63) is 11.6 Å². The SMILES string of the molecule is COC(=O)/C=C(\C)C[C@@H]1OC[C@H](C[C@@H]2O[C@H]2[C@@H](C)[C@H](C)O[Si](C)(C)C(C)(C)C)[C@@H](O)[C@H]1O. The maximum absolute atomic E-state index is 11.4. The molecule has 2 rings (SSSR count). The van der Waals surface area contributed by atoms with E-state index >= 15 is 0 Å². The molecular weight excluding hydrogens is 428 g/mol. The van der Waals surface area contributed by atoms with Crippen molar-refractivity contribution in [2.45, 2.75) is 109 Å². The molecule has 0 aromatic heterocycles. The first-order valence-electron chi connectivity index (χ1n) is 11.7. The molecule has 0 aromatic carbocycles. The molecular formula is C24H44O7Si. The molecule has 2 saturated heterocycles. The molecule has 0 spiro atoms. The van der Waals surface area contributed by atoms with Crippen LogP contribution in [0.15, 0.2) is 11.6 Å². The molecule has 7 nitrogen and oxygen atoms in total. The Balaban J connectivity index is 1.85. The highest BCUT2D eigenvalue weighted by atomic mass is 28.4. The lowest BCUT2D eigenvalue weighted by Crippen LogP contribution is -2.50. The third-order valence-corrected chi connectivity index (χ3v) is 12.1. The van der Waals surface area contributed by atoms with Crippen LogP contribution in [0.3, 0.4) is 0 Å². The maximum atomic E-state index is 11.4. The predicted molar refractivity (Wildman–Crippen MR) is 126 cm³/mol. The average molecular weight is 473 g/mol. The summed E-state index contributed by atoms with van der Waals surface area (Å²) < 4.78 is 23.0. The lowest BCUT2D eigenvalue weighted by atomic mass is 9.85. The van der Waals surface area contributed by atoms with Gasteiger partial charge in [0.15, 0.2) is 8.32 Å². The summed E-state index contributed by atoms with van der Waals surface area (Å²) >= 11 is 0. The summed E-state index contributed by atoms with van der Waals surface area (Å²) in [5.74, 6) is -0.381. The highest BCUT2D eigenvalue weighted by Crippen LogP contribution is 2.42. The number of carbonyl (C=O) groups is 1. The number of hydrogen-bond acceptors (Lipinski definition) is 7. The van der Waals surface area contributed by atoms with Crippen LogP contribution in [0.2, 0.25) is 18.1 Å². The van der Waals surface area contributed by atoms with E-state index in [4.69, 9.17) is 13.9 Å². The number of methoxy groups -OCH3 is 1. The van der Waals surface area contributed by atoms with Crippen molar-refractivity contribution in [1.29, 1.82) is 0 Å². The number of aliphatic hydroxyl groups is 2. The average Bonchev–Trinajstić information content (AvgIpc) is 3.44. The molecule has 0 aliphatic carbocycles. The second-order valence-corrected chi connectivity index (χ2v) is 15.9. The van der Waals surface area contributed by atoms with Gasteiger partial charge in [0.2, 0.25) is 0 Å².